The highest BCUT2D eigenvalue weighted by Gasteiger charge is 2.55. The maximum atomic E-state index is 13.4. The standard InChI is InChI=1S/C20H19FO3/c21-13-1-2-14-15(6-13)18(23)16(17(14)22)19(24)20-7-10-3-11(8-20)5-12(4-10)9-20/h1-2,6,10-12,23H,3-5,7-9H2/p-1. The smallest absolute Gasteiger partial charge is 0.196 e. The summed E-state index contributed by atoms with van der Waals surface area (Å²) in [6.45, 7) is 0. The van der Waals surface area contributed by atoms with Gasteiger partial charge in [0.1, 0.15) is 5.82 Å². The number of hydrogen-bond acceptors (Lipinski definition) is 3. The summed E-state index contributed by atoms with van der Waals surface area (Å²) in [7, 11) is 0. The summed E-state index contributed by atoms with van der Waals surface area (Å²) in [6, 6.07) is 3.57. The minimum absolute atomic E-state index is 0.0491. The van der Waals surface area contributed by atoms with Crippen LogP contribution in [0.1, 0.15) is 54.4 Å². The molecule has 0 aromatic heterocycles. The van der Waals surface area contributed by atoms with Gasteiger partial charge in [0.25, 0.3) is 0 Å². The maximum Gasteiger partial charge on any atom is 0.196 e. The molecule has 4 saturated carbocycles. The van der Waals surface area contributed by atoms with E-state index in [1.807, 2.05) is 0 Å². The zero-order chi connectivity index (χ0) is 16.6. The van der Waals surface area contributed by atoms with Crippen LogP contribution in [0.2, 0.25) is 0 Å². The first-order chi connectivity index (χ1) is 11.5. The normalized spacial score (nSPS) is 36.4. The van der Waals surface area contributed by atoms with Crippen molar-refractivity contribution in [3.8, 4) is 0 Å². The summed E-state index contributed by atoms with van der Waals surface area (Å²) in [5, 5.41) is 12.6. The second-order valence-electron chi connectivity index (χ2n) is 8.25. The van der Waals surface area contributed by atoms with Crippen molar-refractivity contribution >= 4 is 17.3 Å². The molecule has 0 radical (unpaired) electrons. The van der Waals surface area contributed by atoms with Gasteiger partial charge in [-0.05, 0) is 80.0 Å². The zero-order valence-corrected chi connectivity index (χ0v) is 13.3. The number of fused-ring (bicyclic) bond motifs is 1. The third-order valence-corrected chi connectivity index (χ3v) is 6.67. The Balaban J connectivity index is 1.57. The van der Waals surface area contributed by atoms with Crippen LogP contribution in [0.25, 0.3) is 5.76 Å². The lowest BCUT2D eigenvalue weighted by atomic mass is 9.48. The summed E-state index contributed by atoms with van der Waals surface area (Å²) in [6.07, 6.45) is 6.01. The van der Waals surface area contributed by atoms with E-state index in [0.717, 1.165) is 25.3 Å². The Morgan fingerprint density at radius 1 is 1.04 bits per heavy atom. The molecule has 1 aromatic rings. The van der Waals surface area contributed by atoms with E-state index in [0.29, 0.717) is 17.8 Å². The average molecular weight is 325 g/mol. The van der Waals surface area contributed by atoms with E-state index < -0.39 is 22.8 Å². The van der Waals surface area contributed by atoms with Crippen LogP contribution < -0.4 is 5.11 Å². The molecule has 0 unspecified atom stereocenters. The number of allylic oxidation sites excluding steroid dienone is 1. The molecule has 5 aliphatic carbocycles. The predicted molar refractivity (Wildman–Crippen MR) is 83.3 cm³/mol. The van der Waals surface area contributed by atoms with Gasteiger partial charge in [0, 0.05) is 11.0 Å². The van der Waals surface area contributed by atoms with Crippen LogP contribution in [0.4, 0.5) is 4.39 Å². The number of halogens is 1. The van der Waals surface area contributed by atoms with Crippen LogP contribution in [0, 0.1) is 29.0 Å². The highest BCUT2D eigenvalue weighted by atomic mass is 19.1. The molecule has 4 bridgehead atoms. The molecule has 1 aromatic carbocycles. The molecule has 0 heterocycles. The lowest BCUT2D eigenvalue weighted by molar-refractivity contribution is -0.244. The molecule has 5 aliphatic rings. The molecule has 0 aliphatic heterocycles. The quantitative estimate of drug-likeness (QED) is 0.786. The molecule has 0 amide bonds. The van der Waals surface area contributed by atoms with E-state index in [-0.39, 0.29) is 22.5 Å². The Bertz CT molecular complexity index is 785. The number of benzene rings is 1. The number of ketones is 2. The van der Waals surface area contributed by atoms with E-state index >= 15 is 0 Å². The van der Waals surface area contributed by atoms with Crippen molar-refractivity contribution in [3.05, 3.63) is 40.7 Å². The van der Waals surface area contributed by atoms with Gasteiger partial charge in [-0.2, -0.15) is 0 Å². The van der Waals surface area contributed by atoms with Crippen molar-refractivity contribution in [1.82, 2.24) is 0 Å². The Morgan fingerprint density at radius 3 is 2.21 bits per heavy atom. The van der Waals surface area contributed by atoms with Gasteiger partial charge in [0.05, 0.1) is 5.57 Å². The van der Waals surface area contributed by atoms with Gasteiger partial charge < -0.3 is 5.11 Å². The highest BCUT2D eigenvalue weighted by Crippen LogP contribution is 2.61. The van der Waals surface area contributed by atoms with Gasteiger partial charge >= 0.3 is 0 Å². The van der Waals surface area contributed by atoms with Crippen molar-refractivity contribution in [3.63, 3.8) is 0 Å². The fourth-order valence-corrected chi connectivity index (χ4v) is 6.13. The molecule has 124 valence electrons. The second-order valence-corrected chi connectivity index (χ2v) is 8.25. The Labute approximate surface area is 139 Å². The first-order valence-corrected chi connectivity index (χ1v) is 8.77. The number of carbonyl (C=O) groups excluding carboxylic acids is 2. The van der Waals surface area contributed by atoms with Crippen LogP contribution in [0.15, 0.2) is 23.8 Å². The maximum absolute atomic E-state index is 13.4. The van der Waals surface area contributed by atoms with Gasteiger partial charge in [-0.1, -0.05) is 5.76 Å². The fourth-order valence-electron chi connectivity index (χ4n) is 6.13. The van der Waals surface area contributed by atoms with Gasteiger partial charge in [-0.25, -0.2) is 4.39 Å². The van der Waals surface area contributed by atoms with E-state index in [1.54, 1.807) is 0 Å². The minimum atomic E-state index is -0.574. The lowest BCUT2D eigenvalue weighted by Gasteiger charge is -2.56. The molecule has 6 rings (SSSR count). The van der Waals surface area contributed by atoms with Gasteiger partial charge in [-0.3, -0.25) is 9.59 Å². The summed E-state index contributed by atoms with van der Waals surface area (Å²) in [5.74, 6) is -0.204. The van der Waals surface area contributed by atoms with Gasteiger partial charge in [0.15, 0.2) is 11.6 Å². The number of rotatable bonds is 2. The Kier molecular flexibility index (Phi) is 2.73. The fraction of sp³-hybridized carbons (Fsp3) is 0.500. The second kappa shape index (κ2) is 4.56. The molecule has 0 spiro atoms. The van der Waals surface area contributed by atoms with E-state index in [2.05, 4.69) is 0 Å². The number of carbonyl (C=O) groups is 2. The van der Waals surface area contributed by atoms with Crippen molar-refractivity contribution in [2.45, 2.75) is 38.5 Å². The molecule has 3 nitrogen and oxygen atoms in total. The average Bonchev–Trinajstić information content (AvgIpc) is 2.76. The summed E-state index contributed by atoms with van der Waals surface area (Å²) >= 11 is 0. The Hall–Kier alpha value is -1.97. The van der Waals surface area contributed by atoms with E-state index in [4.69, 9.17) is 0 Å². The predicted octanol–water partition coefficient (Wildman–Crippen LogP) is 2.88. The van der Waals surface area contributed by atoms with E-state index in [1.165, 1.54) is 31.4 Å². The SMILES string of the molecule is O=C1C(C(=O)C23CC4CC(CC(C4)C2)C3)=C([O-])c2cc(F)ccc21. The highest BCUT2D eigenvalue weighted by molar-refractivity contribution is 6.35. The molecule has 4 fully saturated rings. The minimum Gasteiger partial charge on any atom is -0.871 e. The van der Waals surface area contributed by atoms with Crippen LogP contribution in [-0.4, -0.2) is 11.6 Å². The largest absolute Gasteiger partial charge is 0.871 e. The number of hydrogen-bond donors (Lipinski definition) is 0. The molecule has 4 heteroatoms. The molecule has 0 N–H and O–H groups in total. The van der Waals surface area contributed by atoms with Crippen LogP contribution in [0.5, 0.6) is 0 Å². The van der Waals surface area contributed by atoms with Crippen LogP contribution >= 0.6 is 0 Å². The van der Waals surface area contributed by atoms with Crippen molar-refractivity contribution in [1.29, 1.82) is 0 Å². The van der Waals surface area contributed by atoms with E-state index in [9.17, 15) is 19.1 Å². The summed E-state index contributed by atoms with van der Waals surface area (Å²) < 4.78 is 13.4. The van der Waals surface area contributed by atoms with Crippen LogP contribution in [-0.2, 0) is 4.79 Å². The number of Topliss-reactive ketones (excluding diaryl/α,β-unsaturated/α-hetero) is 2. The Morgan fingerprint density at radius 2 is 1.62 bits per heavy atom. The topological polar surface area (TPSA) is 57.2 Å². The monoisotopic (exact) mass is 325 g/mol. The third kappa shape index (κ3) is 1.77. The van der Waals surface area contributed by atoms with Crippen molar-refractivity contribution in [2.24, 2.45) is 23.2 Å². The zero-order valence-electron chi connectivity index (χ0n) is 13.3. The molecular formula is C20H18FO3-. The van der Waals surface area contributed by atoms with Gasteiger partial charge in [-0.15, -0.1) is 0 Å². The molecule has 24 heavy (non-hydrogen) atoms. The first kappa shape index (κ1) is 14.4. The lowest BCUT2D eigenvalue weighted by Crippen LogP contribution is -2.51. The summed E-state index contributed by atoms with van der Waals surface area (Å²) in [4.78, 5) is 26.0. The molecular weight excluding hydrogens is 307 g/mol. The first-order valence-electron chi connectivity index (χ1n) is 8.77. The van der Waals surface area contributed by atoms with Crippen molar-refractivity contribution in [2.75, 3.05) is 0 Å². The van der Waals surface area contributed by atoms with Gasteiger partial charge in [0.2, 0.25) is 0 Å². The summed E-state index contributed by atoms with van der Waals surface area (Å²) in [5.41, 5.74) is -0.504. The van der Waals surface area contributed by atoms with Crippen molar-refractivity contribution < 1.29 is 19.1 Å². The third-order valence-electron chi connectivity index (χ3n) is 6.67. The van der Waals surface area contributed by atoms with Crippen LogP contribution in [0.3, 0.4) is 0 Å². The molecule has 0 atom stereocenters. The molecule has 0 saturated heterocycles.